The Labute approximate surface area is 194 Å². The Morgan fingerprint density at radius 1 is 1.15 bits per heavy atom. The van der Waals surface area contributed by atoms with Crippen LogP contribution in [-0.4, -0.2) is 67.3 Å². The molecule has 2 heterocycles. The molecule has 0 radical (unpaired) electrons. The van der Waals surface area contributed by atoms with E-state index in [4.69, 9.17) is 19.9 Å². The van der Waals surface area contributed by atoms with Crippen molar-refractivity contribution in [1.82, 2.24) is 15.3 Å². The SMILES string of the molecule is COc1ccc(C2CC(C)(C)C(=O)N(C3CCN(C(=O)[C@@H](C)OC(N)=O)CC3)N2)cc1OC. The molecule has 0 saturated carbocycles. The third kappa shape index (κ3) is 5.32. The summed E-state index contributed by atoms with van der Waals surface area (Å²) in [6.45, 7) is 6.34. The maximum atomic E-state index is 13.3. The number of primary amides is 1. The van der Waals surface area contributed by atoms with Crippen LogP contribution in [0.25, 0.3) is 0 Å². The van der Waals surface area contributed by atoms with E-state index >= 15 is 0 Å². The number of carbonyl (C=O) groups is 3. The number of rotatable bonds is 6. The highest BCUT2D eigenvalue weighted by atomic mass is 16.6. The number of likely N-dealkylation sites (tertiary alicyclic amines) is 1. The first-order valence-corrected chi connectivity index (χ1v) is 11.1. The van der Waals surface area contributed by atoms with Gasteiger partial charge in [-0.25, -0.2) is 10.2 Å². The van der Waals surface area contributed by atoms with Crippen LogP contribution in [0.1, 0.15) is 51.6 Å². The smallest absolute Gasteiger partial charge is 0.405 e. The van der Waals surface area contributed by atoms with Gasteiger partial charge in [-0.1, -0.05) is 19.9 Å². The molecule has 3 N–H and O–H groups in total. The lowest BCUT2D eigenvalue weighted by atomic mass is 9.80. The number of benzene rings is 1. The minimum absolute atomic E-state index is 0.0365. The number of methoxy groups -OCH3 is 2. The van der Waals surface area contributed by atoms with Crippen molar-refractivity contribution in [3.8, 4) is 11.5 Å². The monoisotopic (exact) mass is 462 g/mol. The number of ether oxygens (including phenoxy) is 3. The lowest BCUT2D eigenvalue weighted by Crippen LogP contribution is -2.62. The van der Waals surface area contributed by atoms with Gasteiger partial charge in [-0.05, 0) is 43.9 Å². The first-order valence-electron chi connectivity index (χ1n) is 11.1. The molecule has 0 aromatic heterocycles. The van der Waals surface area contributed by atoms with Crippen molar-refractivity contribution in [2.45, 2.75) is 58.2 Å². The number of nitrogens with zero attached hydrogens (tertiary/aromatic N) is 2. The van der Waals surface area contributed by atoms with Gasteiger partial charge in [0.2, 0.25) is 5.91 Å². The van der Waals surface area contributed by atoms with Gasteiger partial charge in [0.05, 0.1) is 26.3 Å². The number of hydrazine groups is 1. The molecule has 2 fully saturated rings. The van der Waals surface area contributed by atoms with Crippen LogP contribution in [0.3, 0.4) is 0 Å². The minimum Gasteiger partial charge on any atom is -0.493 e. The van der Waals surface area contributed by atoms with Gasteiger partial charge in [-0.15, -0.1) is 0 Å². The van der Waals surface area contributed by atoms with Gasteiger partial charge in [0.25, 0.3) is 5.91 Å². The van der Waals surface area contributed by atoms with Gasteiger partial charge in [0, 0.05) is 18.5 Å². The average Bonchev–Trinajstić information content (AvgIpc) is 2.79. The summed E-state index contributed by atoms with van der Waals surface area (Å²) >= 11 is 0. The molecule has 1 unspecified atom stereocenters. The molecular formula is C23H34N4O6. The maximum absolute atomic E-state index is 13.3. The number of piperidine rings is 1. The zero-order valence-corrected chi connectivity index (χ0v) is 19.9. The summed E-state index contributed by atoms with van der Waals surface area (Å²) in [6, 6.07) is 5.63. The van der Waals surface area contributed by atoms with Gasteiger partial charge in [-0.3, -0.25) is 14.6 Å². The molecule has 2 saturated heterocycles. The van der Waals surface area contributed by atoms with Crippen LogP contribution in [0.15, 0.2) is 18.2 Å². The van der Waals surface area contributed by atoms with Gasteiger partial charge in [-0.2, -0.15) is 0 Å². The van der Waals surface area contributed by atoms with Crippen LogP contribution < -0.4 is 20.6 Å². The normalized spacial score (nSPS) is 22.0. The summed E-state index contributed by atoms with van der Waals surface area (Å²) < 4.78 is 15.6. The van der Waals surface area contributed by atoms with Crippen molar-refractivity contribution in [3.63, 3.8) is 0 Å². The molecule has 3 rings (SSSR count). The van der Waals surface area contributed by atoms with Gasteiger partial charge in [0.1, 0.15) is 0 Å². The third-order valence-corrected chi connectivity index (χ3v) is 6.40. The molecule has 0 bridgehead atoms. The van der Waals surface area contributed by atoms with Crippen LogP contribution in [-0.2, 0) is 14.3 Å². The van der Waals surface area contributed by atoms with Crippen LogP contribution >= 0.6 is 0 Å². The summed E-state index contributed by atoms with van der Waals surface area (Å²) in [7, 11) is 3.19. The topological polar surface area (TPSA) is 123 Å². The molecule has 2 atom stereocenters. The van der Waals surface area contributed by atoms with E-state index < -0.39 is 17.6 Å². The summed E-state index contributed by atoms with van der Waals surface area (Å²) in [5.74, 6) is 1.04. The predicted molar refractivity (Wildman–Crippen MR) is 120 cm³/mol. The molecule has 182 valence electrons. The first-order chi connectivity index (χ1) is 15.6. The van der Waals surface area contributed by atoms with E-state index in [1.54, 1.807) is 24.1 Å². The fraction of sp³-hybridized carbons (Fsp3) is 0.609. The first kappa shape index (κ1) is 24.6. The molecule has 3 amide bonds. The van der Waals surface area contributed by atoms with Gasteiger partial charge < -0.3 is 24.8 Å². The van der Waals surface area contributed by atoms with Crippen molar-refractivity contribution in [2.75, 3.05) is 27.3 Å². The van der Waals surface area contributed by atoms with E-state index in [1.807, 2.05) is 32.0 Å². The van der Waals surface area contributed by atoms with Crippen molar-refractivity contribution in [2.24, 2.45) is 11.1 Å². The molecule has 2 aliphatic rings. The maximum Gasteiger partial charge on any atom is 0.405 e. The number of hydrogen-bond acceptors (Lipinski definition) is 7. The quantitative estimate of drug-likeness (QED) is 0.663. The highest BCUT2D eigenvalue weighted by Crippen LogP contribution is 2.40. The largest absolute Gasteiger partial charge is 0.493 e. The molecule has 10 nitrogen and oxygen atoms in total. The lowest BCUT2D eigenvalue weighted by Gasteiger charge is -2.47. The van der Waals surface area contributed by atoms with Crippen molar-refractivity contribution >= 4 is 17.9 Å². The van der Waals surface area contributed by atoms with Crippen molar-refractivity contribution in [1.29, 1.82) is 0 Å². The van der Waals surface area contributed by atoms with E-state index in [2.05, 4.69) is 5.43 Å². The van der Waals surface area contributed by atoms with Crippen LogP contribution in [0, 0.1) is 5.41 Å². The highest BCUT2D eigenvalue weighted by Gasteiger charge is 2.44. The fourth-order valence-electron chi connectivity index (χ4n) is 4.56. The van der Waals surface area contributed by atoms with Crippen molar-refractivity contribution < 1.29 is 28.6 Å². The zero-order valence-electron chi connectivity index (χ0n) is 19.9. The Bertz CT molecular complexity index is 897. The summed E-state index contributed by atoms with van der Waals surface area (Å²) in [5.41, 5.74) is 8.89. The molecule has 1 aromatic carbocycles. The molecule has 33 heavy (non-hydrogen) atoms. The molecule has 1 aromatic rings. The number of amides is 3. The predicted octanol–water partition coefficient (Wildman–Crippen LogP) is 1.98. The summed E-state index contributed by atoms with van der Waals surface area (Å²) in [6.07, 6.45) is -0.0401. The van der Waals surface area contributed by atoms with E-state index in [0.717, 1.165) is 5.56 Å². The Morgan fingerprint density at radius 2 is 1.79 bits per heavy atom. The summed E-state index contributed by atoms with van der Waals surface area (Å²) in [4.78, 5) is 38.4. The van der Waals surface area contributed by atoms with E-state index in [-0.39, 0.29) is 23.9 Å². The Balaban J connectivity index is 1.72. The van der Waals surface area contributed by atoms with E-state index in [1.165, 1.54) is 6.92 Å². The standard InChI is InChI=1S/C23H34N4O6/c1-14(33-22(24)30)20(28)26-10-8-16(9-11-26)27-21(29)23(2,3)13-17(25-27)15-6-7-18(31-4)19(12-15)32-5/h6-7,12,14,16-17,25H,8-11,13H2,1-5H3,(H2,24,30)/t14-,17?/m1/s1. The molecule has 0 spiro atoms. The average molecular weight is 463 g/mol. The van der Waals surface area contributed by atoms with Gasteiger partial charge in [0.15, 0.2) is 17.6 Å². The molecule has 0 aliphatic carbocycles. The highest BCUT2D eigenvalue weighted by molar-refractivity contribution is 5.84. The zero-order chi connectivity index (χ0) is 24.3. The fourth-order valence-corrected chi connectivity index (χ4v) is 4.56. The molecule has 2 aliphatic heterocycles. The second-order valence-corrected chi connectivity index (χ2v) is 9.19. The lowest BCUT2D eigenvalue weighted by molar-refractivity contribution is -0.157. The Morgan fingerprint density at radius 3 is 2.36 bits per heavy atom. The van der Waals surface area contributed by atoms with Crippen molar-refractivity contribution in [3.05, 3.63) is 23.8 Å². The second kappa shape index (κ2) is 9.86. The van der Waals surface area contributed by atoms with E-state index in [9.17, 15) is 14.4 Å². The van der Waals surface area contributed by atoms with E-state index in [0.29, 0.717) is 43.9 Å². The second-order valence-electron chi connectivity index (χ2n) is 9.19. The van der Waals surface area contributed by atoms with Gasteiger partial charge >= 0.3 is 6.09 Å². The Kier molecular flexibility index (Phi) is 7.36. The third-order valence-electron chi connectivity index (χ3n) is 6.40. The number of nitrogens with two attached hydrogens (primary N) is 1. The number of hydrogen-bond donors (Lipinski definition) is 2. The van der Waals surface area contributed by atoms with Crippen LogP contribution in [0.5, 0.6) is 11.5 Å². The number of nitrogens with one attached hydrogen (secondary N) is 1. The Hall–Kier alpha value is -3.01. The number of carbonyl (C=O) groups excluding carboxylic acids is 3. The van der Waals surface area contributed by atoms with Crippen LogP contribution in [0.4, 0.5) is 4.79 Å². The minimum atomic E-state index is -0.975. The van der Waals surface area contributed by atoms with Crippen LogP contribution in [0.2, 0.25) is 0 Å². The molecule has 10 heteroatoms. The summed E-state index contributed by atoms with van der Waals surface area (Å²) in [5, 5.41) is 1.75. The molecular weight excluding hydrogens is 428 g/mol.